The van der Waals surface area contributed by atoms with Gasteiger partial charge in [-0.15, -0.1) is 0 Å². The Morgan fingerprint density at radius 1 is 1.29 bits per heavy atom. The maximum absolute atomic E-state index is 12.3. The molecule has 0 radical (unpaired) electrons. The predicted octanol–water partition coefficient (Wildman–Crippen LogP) is 2.05. The summed E-state index contributed by atoms with van der Waals surface area (Å²) in [5, 5.41) is 2.75. The summed E-state index contributed by atoms with van der Waals surface area (Å²) in [6.07, 6.45) is 4.73. The first kappa shape index (κ1) is 16.0. The highest BCUT2D eigenvalue weighted by Crippen LogP contribution is 2.20. The fourth-order valence-corrected chi connectivity index (χ4v) is 3.83. The lowest BCUT2D eigenvalue weighted by Crippen LogP contribution is -2.33. The van der Waals surface area contributed by atoms with Gasteiger partial charge in [-0.3, -0.25) is 4.79 Å². The molecule has 1 aliphatic rings. The molecule has 0 atom stereocenters. The molecule has 21 heavy (non-hydrogen) atoms. The molecule has 116 valence electrons. The van der Waals surface area contributed by atoms with E-state index in [0.717, 1.165) is 32.1 Å². The molecule has 0 aromatic heterocycles. The van der Waals surface area contributed by atoms with E-state index in [9.17, 15) is 13.2 Å². The smallest absolute Gasteiger partial charge is 0.251 e. The zero-order valence-electron chi connectivity index (χ0n) is 12.3. The number of amides is 1. The number of sulfonamides is 1. The molecule has 2 rings (SSSR count). The van der Waals surface area contributed by atoms with Crippen LogP contribution in [0.2, 0.25) is 0 Å². The van der Waals surface area contributed by atoms with E-state index in [0.29, 0.717) is 12.1 Å². The van der Waals surface area contributed by atoms with E-state index in [2.05, 4.69) is 10.0 Å². The van der Waals surface area contributed by atoms with Crippen molar-refractivity contribution in [2.24, 2.45) is 0 Å². The summed E-state index contributed by atoms with van der Waals surface area (Å²) in [4.78, 5) is 12.1. The van der Waals surface area contributed by atoms with Gasteiger partial charge in [-0.1, -0.05) is 25.8 Å². The van der Waals surface area contributed by atoms with Crippen molar-refractivity contribution in [1.82, 2.24) is 10.0 Å². The van der Waals surface area contributed by atoms with E-state index in [1.165, 1.54) is 12.1 Å². The van der Waals surface area contributed by atoms with Crippen LogP contribution in [0.25, 0.3) is 0 Å². The van der Waals surface area contributed by atoms with E-state index in [-0.39, 0.29) is 16.8 Å². The Kier molecular flexibility index (Phi) is 5.36. The number of nitrogens with one attached hydrogen (secondary N) is 2. The monoisotopic (exact) mass is 310 g/mol. The first-order chi connectivity index (χ1) is 10.0. The number of rotatable bonds is 6. The Balaban J connectivity index is 2.13. The fourth-order valence-electron chi connectivity index (χ4n) is 2.48. The third-order valence-electron chi connectivity index (χ3n) is 3.62. The zero-order chi connectivity index (χ0) is 15.3. The lowest BCUT2D eigenvalue weighted by molar-refractivity contribution is 0.0953. The Hall–Kier alpha value is -1.40. The first-order valence-electron chi connectivity index (χ1n) is 7.43. The van der Waals surface area contributed by atoms with Gasteiger partial charge >= 0.3 is 0 Å². The normalized spacial score (nSPS) is 16.0. The summed E-state index contributed by atoms with van der Waals surface area (Å²) in [7, 11) is -3.55. The molecule has 2 N–H and O–H groups in total. The van der Waals surface area contributed by atoms with Gasteiger partial charge in [-0.2, -0.15) is 0 Å². The second-order valence-electron chi connectivity index (χ2n) is 5.39. The molecule has 1 aromatic carbocycles. The molecule has 0 bridgehead atoms. The molecule has 5 nitrogen and oxygen atoms in total. The van der Waals surface area contributed by atoms with Gasteiger partial charge in [0.2, 0.25) is 10.0 Å². The van der Waals surface area contributed by atoms with Crippen LogP contribution in [0.4, 0.5) is 0 Å². The van der Waals surface area contributed by atoms with E-state index >= 15 is 0 Å². The molecule has 0 aliphatic heterocycles. The SMILES string of the molecule is CCCNC(=O)c1cccc(S(=O)(=O)NC2CCCC2)c1. The summed E-state index contributed by atoms with van der Waals surface area (Å²) in [6.45, 7) is 2.54. The van der Waals surface area contributed by atoms with Crippen LogP contribution < -0.4 is 10.0 Å². The van der Waals surface area contributed by atoms with Gasteiger partial charge in [0.25, 0.3) is 5.91 Å². The molecule has 0 heterocycles. The average molecular weight is 310 g/mol. The molecule has 1 aliphatic carbocycles. The Labute approximate surface area is 126 Å². The third-order valence-corrected chi connectivity index (χ3v) is 5.14. The second kappa shape index (κ2) is 7.04. The topological polar surface area (TPSA) is 75.3 Å². The summed E-state index contributed by atoms with van der Waals surface area (Å²) in [5.41, 5.74) is 0.373. The van der Waals surface area contributed by atoms with E-state index in [1.54, 1.807) is 12.1 Å². The van der Waals surface area contributed by atoms with E-state index < -0.39 is 10.0 Å². The molecular formula is C15H22N2O3S. The van der Waals surface area contributed by atoms with Gasteiger partial charge in [0.1, 0.15) is 0 Å². The largest absolute Gasteiger partial charge is 0.352 e. The van der Waals surface area contributed by atoms with Gasteiger partial charge in [-0.25, -0.2) is 13.1 Å². The molecule has 0 unspecified atom stereocenters. The Bertz CT molecular complexity index is 593. The van der Waals surface area contributed by atoms with Crippen LogP contribution in [0, 0.1) is 0 Å². The van der Waals surface area contributed by atoms with Gasteiger partial charge < -0.3 is 5.32 Å². The molecule has 1 saturated carbocycles. The van der Waals surface area contributed by atoms with Gasteiger partial charge in [0.05, 0.1) is 4.90 Å². The molecule has 0 saturated heterocycles. The molecular weight excluding hydrogens is 288 g/mol. The summed E-state index contributed by atoms with van der Waals surface area (Å²) >= 11 is 0. The zero-order valence-corrected chi connectivity index (χ0v) is 13.1. The molecule has 1 fully saturated rings. The number of carbonyl (C=O) groups is 1. The maximum Gasteiger partial charge on any atom is 0.251 e. The van der Waals surface area contributed by atoms with Gasteiger partial charge in [-0.05, 0) is 37.5 Å². The summed E-state index contributed by atoms with van der Waals surface area (Å²) in [6, 6.07) is 6.20. The second-order valence-corrected chi connectivity index (χ2v) is 7.10. The minimum absolute atomic E-state index is 0.0209. The van der Waals surface area contributed by atoms with Crippen LogP contribution in [-0.2, 0) is 10.0 Å². The number of carbonyl (C=O) groups excluding carboxylic acids is 1. The highest BCUT2D eigenvalue weighted by Gasteiger charge is 2.23. The Morgan fingerprint density at radius 3 is 2.67 bits per heavy atom. The lowest BCUT2D eigenvalue weighted by atomic mass is 10.2. The first-order valence-corrected chi connectivity index (χ1v) is 8.92. The molecule has 1 amide bonds. The standard InChI is InChI=1S/C15H22N2O3S/c1-2-10-16-15(18)12-6-5-9-14(11-12)21(19,20)17-13-7-3-4-8-13/h5-6,9,11,13,17H,2-4,7-8,10H2,1H3,(H,16,18). The van der Waals surface area contributed by atoms with Gasteiger partial charge in [0.15, 0.2) is 0 Å². The van der Waals surface area contributed by atoms with Crippen molar-refractivity contribution in [3.05, 3.63) is 29.8 Å². The maximum atomic E-state index is 12.3. The average Bonchev–Trinajstić information content (AvgIpc) is 2.97. The van der Waals surface area contributed by atoms with Crippen LogP contribution in [-0.4, -0.2) is 26.9 Å². The lowest BCUT2D eigenvalue weighted by Gasteiger charge is -2.13. The molecule has 0 spiro atoms. The van der Waals surface area contributed by atoms with Crippen molar-refractivity contribution >= 4 is 15.9 Å². The predicted molar refractivity (Wildman–Crippen MR) is 81.6 cm³/mol. The number of benzene rings is 1. The molecule has 1 aromatic rings. The van der Waals surface area contributed by atoms with Gasteiger partial charge in [0, 0.05) is 18.2 Å². The molecule has 6 heteroatoms. The quantitative estimate of drug-likeness (QED) is 0.844. The highest BCUT2D eigenvalue weighted by molar-refractivity contribution is 7.89. The fraction of sp³-hybridized carbons (Fsp3) is 0.533. The van der Waals surface area contributed by atoms with Crippen LogP contribution in [0.3, 0.4) is 0 Å². The Morgan fingerprint density at radius 2 is 2.00 bits per heavy atom. The van der Waals surface area contributed by atoms with Crippen molar-refractivity contribution in [2.45, 2.75) is 50.0 Å². The number of hydrogen-bond donors (Lipinski definition) is 2. The van der Waals surface area contributed by atoms with Crippen LogP contribution in [0.15, 0.2) is 29.2 Å². The van der Waals surface area contributed by atoms with E-state index in [4.69, 9.17) is 0 Å². The number of hydrogen-bond acceptors (Lipinski definition) is 3. The van der Waals surface area contributed by atoms with Crippen LogP contribution >= 0.6 is 0 Å². The highest BCUT2D eigenvalue weighted by atomic mass is 32.2. The summed E-state index contributed by atoms with van der Waals surface area (Å²) < 4.78 is 27.4. The minimum atomic E-state index is -3.55. The van der Waals surface area contributed by atoms with E-state index in [1.807, 2.05) is 6.92 Å². The van der Waals surface area contributed by atoms with Crippen molar-refractivity contribution in [3.63, 3.8) is 0 Å². The van der Waals surface area contributed by atoms with Crippen molar-refractivity contribution in [3.8, 4) is 0 Å². The summed E-state index contributed by atoms with van der Waals surface area (Å²) in [5.74, 6) is -0.241. The van der Waals surface area contributed by atoms with Crippen LogP contribution in [0.1, 0.15) is 49.4 Å². The minimum Gasteiger partial charge on any atom is -0.352 e. The van der Waals surface area contributed by atoms with Crippen LogP contribution in [0.5, 0.6) is 0 Å². The van der Waals surface area contributed by atoms with Crippen molar-refractivity contribution in [1.29, 1.82) is 0 Å². The van der Waals surface area contributed by atoms with Crippen molar-refractivity contribution in [2.75, 3.05) is 6.54 Å². The van der Waals surface area contributed by atoms with Crippen molar-refractivity contribution < 1.29 is 13.2 Å². The third kappa shape index (κ3) is 4.28.